The Morgan fingerprint density at radius 2 is 1.80 bits per heavy atom. The maximum Gasteiger partial charge on any atom is 0.184 e. The van der Waals surface area contributed by atoms with E-state index in [9.17, 15) is 10.2 Å². The van der Waals surface area contributed by atoms with Gasteiger partial charge in [-0.3, -0.25) is 0 Å². The van der Waals surface area contributed by atoms with Crippen LogP contribution in [0.2, 0.25) is 0 Å². The van der Waals surface area contributed by atoms with Gasteiger partial charge in [-0.2, -0.15) is 0 Å². The van der Waals surface area contributed by atoms with Crippen LogP contribution in [0.4, 0.5) is 0 Å². The number of pyridine rings is 1. The summed E-state index contributed by atoms with van der Waals surface area (Å²) in [5.74, 6) is 0.146. The molecule has 1 heterocycles. The molecule has 4 nitrogen and oxygen atoms in total. The molecule has 0 aliphatic rings. The number of aromatic hydroxyl groups is 2. The first-order valence-corrected chi connectivity index (χ1v) is 8.14. The number of ether oxygens (including phenoxy) is 1. The van der Waals surface area contributed by atoms with E-state index in [4.69, 9.17) is 4.74 Å². The van der Waals surface area contributed by atoms with Crippen molar-refractivity contribution in [1.82, 2.24) is 4.98 Å². The highest BCUT2D eigenvalue weighted by molar-refractivity contribution is 5.95. The molecule has 3 aromatic rings. The molecule has 0 radical (unpaired) electrons. The highest BCUT2D eigenvalue weighted by Crippen LogP contribution is 2.45. The summed E-state index contributed by atoms with van der Waals surface area (Å²) in [7, 11) is 1.56. The average molecular weight is 335 g/mol. The summed E-state index contributed by atoms with van der Waals surface area (Å²) in [6, 6.07) is 13.4. The lowest BCUT2D eigenvalue weighted by molar-refractivity contribution is 0.384. The van der Waals surface area contributed by atoms with Crippen LogP contribution in [0.15, 0.2) is 54.6 Å². The zero-order chi connectivity index (χ0) is 18.0. The summed E-state index contributed by atoms with van der Waals surface area (Å²) in [4.78, 5) is 4.54. The van der Waals surface area contributed by atoms with Crippen LogP contribution in [-0.2, 0) is 6.42 Å². The average Bonchev–Trinajstić information content (AvgIpc) is 2.63. The Labute approximate surface area is 147 Å². The monoisotopic (exact) mass is 335 g/mol. The predicted octanol–water partition coefficient (Wildman–Crippen LogP) is 4.83. The second-order valence-electron chi connectivity index (χ2n) is 6.12. The quantitative estimate of drug-likeness (QED) is 0.518. The number of hydrogen-bond acceptors (Lipinski definition) is 4. The number of hydrogen-bond donors (Lipinski definition) is 2. The van der Waals surface area contributed by atoms with Crippen molar-refractivity contribution in [3.63, 3.8) is 0 Å². The number of rotatable bonds is 5. The van der Waals surface area contributed by atoms with Gasteiger partial charge in [-0.15, -0.1) is 6.58 Å². The van der Waals surface area contributed by atoms with E-state index in [-0.39, 0.29) is 11.5 Å². The summed E-state index contributed by atoms with van der Waals surface area (Å²) in [5, 5.41) is 21.7. The minimum atomic E-state index is -0.217. The first-order valence-electron chi connectivity index (χ1n) is 8.14. The lowest BCUT2D eigenvalue weighted by atomic mass is 9.99. The van der Waals surface area contributed by atoms with Gasteiger partial charge in [-0.1, -0.05) is 35.9 Å². The van der Waals surface area contributed by atoms with Crippen molar-refractivity contribution in [3.05, 3.63) is 60.2 Å². The molecule has 1 aromatic heterocycles. The molecule has 0 unspecified atom stereocenters. The predicted molar refractivity (Wildman–Crippen MR) is 100 cm³/mol. The maximum absolute atomic E-state index is 10.5. The van der Waals surface area contributed by atoms with Crippen LogP contribution in [0.3, 0.4) is 0 Å². The van der Waals surface area contributed by atoms with Gasteiger partial charge in [0, 0.05) is 16.5 Å². The molecule has 128 valence electrons. The van der Waals surface area contributed by atoms with E-state index in [2.05, 4.69) is 11.6 Å². The SMILES string of the molecule is C=C(C)CCc1c(O)c(O)c2nc(-c3ccccc3)ccc2c1OC. The Bertz CT molecular complexity index is 933. The third-order valence-corrected chi connectivity index (χ3v) is 4.22. The largest absolute Gasteiger partial charge is 0.504 e. The van der Waals surface area contributed by atoms with Crippen LogP contribution in [0.25, 0.3) is 22.2 Å². The van der Waals surface area contributed by atoms with Crippen molar-refractivity contribution in [2.24, 2.45) is 0 Å². The zero-order valence-corrected chi connectivity index (χ0v) is 14.4. The van der Waals surface area contributed by atoms with Gasteiger partial charge in [-0.25, -0.2) is 4.98 Å². The van der Waals surface area contributed by atoms with Crippen molar-refractivity contribution in [2.45, 2.75) is 19.8 Å². The number of allylic oxidation sites excluding steroid dienone is 1. The summed E-state index contributed by atoms with van der Waals surface area (Å²) in [6.07, 6.45) is 1.23. The normalized spacial score (nSPS) is 10.8. The van der Waals surface area contributed by atoms with E-state index in [1.54, 1.807) is 7.11 Å². The minimum absolute atomic E-state index is 0.177. The first-order chi connectivity index (χ1) is 12.0. The molecule has 0 atom stereocenters. The second kappa shape index (κ2) is 6.85. The van der Waals surface area contributed by atoms with Crippen molar-refractivity contribution in [3.8, 4) is 28.5 Å². The molecule has 0 amide bonds. The van der Waals surface area contributed by atoms with Crippen molar-refractivity contribution in [2.75, 3.05) is 7.11 Å². The van der Waals surface area contributed by atoms with Gasteiger partial charge in [0.1, 0.15) is 11.3 Å². The maximum atomic E-state index is 10.5. The first kappa shape index (κ1) is 16.8. The molecular weight excluding hydrogens is 314 g/mol. The van der Waals surface area contributed by atoms with Gasteiger partial charge in [0.2, 0.25) is 0 Å². The van der Waals surface area contributed by atoms with E-state index < -0.39 is 0 Å². The third-order valence-electron chi connectivity index (χ3n) is 4.22. The molecular formula is C21H21NO3. The molecule has 3 rings (SSSR count). The van der Waals surface area contributed by atoms with Crippen LogP contribution in [0, 0.1) is 0 Å². The Kier molecular flexibility index (Phi) is 4.61. The van der Waals surface area contributed by atoms with Crippen LogP contribution in [0.1, 0.15) is 18.9 Å². The number of aromatic nitrogens is 1. The summed E-state index contributed by atoms with van der Waals surface area (Å²) in [5.41, 5.74) is 3.56. The van der Waals surface area contributed by atoms with E-state index >= 15 is 0 Å². The van der Waals surface area contributed by atoms with Gasteiger partial charge in [0.25, 0.3) is 0 Å². The Balaban J connectivity index is 2.20. The third kappa shape index (κ3) is 3.15. The Morgan fingerprint density at radius 3 is 2.44 bits per heavy atom. The lowest BCUT2D eigenvalue weighted by Crippen LogP contribution is -1.97. The number of nitrogens with zero attached hydrogens (tertiary/aromatic N) is 1. The molecule has 0 aliphatic heterocycles. The molecule has 4 heteroatoms. The van der Waals surface area contributed by atoms with Gasteiger partial charge in [0.05, 0.1) is 12.8 Å². The molecule has 2 aromatic carbocycles. The van der Waals surface area contributed by atoms with Gasteiger partial charge in [-0.05, 0) is 31.9 Å². The van der Waals surface area contributed by atoms with E-state index in [1.165, 1.54) is 0 Å². The fourth-order valence-electron chi connectivity index (χ4n) is 2.92. The Hall–Kier alpha value is -3.01. The molecule has 25 heavy (non-hydrogen) atoms. The lowest BCUT2D eigenvalue weighted by Gasteiger charge is -2.16. The number of fused-ring (bicyclic) bond motifs is 1. The molecule has 2 N–H and O–H groups in total. The number of methoxy groups -OCH3 is 1. The van der Waals surface area contributed by atoms with Crippen LogP contribution < -0.4 is 4.74 Å². The zero-order valence-electron chi connectivity index (χ0n) is 14.4. The molecule has 0 aliphatic carbocycles. The molecule has 0 bridgehead atoms. The standard InChI is InChI=1S/C21H21NO3/c1-13(2)9-10-16-19(23)20(24)18-15(21(16)25-3)11-12-17(22-18)14-7-5-4-6-8-14/h4-8,11-12,23-24H,1,9-10H2,2-3H3. The summed E-state index contributed by atoms with van der Waals surface area (Å²) in [6.45, 7) is 5.82. The van der Waals surface area contributed by atoms with Crippen molar-refractivity contribution < 1.29 is 14.9 Å². The number of phenolic OH excluding ortho intramolecular Hbond substituents is 2. The van der Waals surface area contributed by atoms with Crippen LogP contribution in [0.5, 0.6) is 17.2 Å². The smallest absolute Gasteiger partial charge is 0.184 e. The minimum Gasteiger partial charge on any atom is -0.504 e. The molecule has 0 saturated carbocycles. The van der Waals surface area contributed by atoms with E-state index in [0.717, 1.165) is 16.8 Å². The van der Waals surface area contributed by atoms with Gasteiger partial charge in [0.15, 0.2) is 11.5 Å². The van der Waals surface area contributed by atoms with Crippen molar-refractivity contribution >= 4 is 10.9 Å². The molecule has 0 spiro atoms. The number of benzene rings is 2. The van der Waals surface area contributed by atoms with Gasteiger partial charge < -0.3 is 14.9 Å². The van der Waals surface area contributed by atoms with Crippen LogP contribution >= 0.6 is 0 Å². The highest BCUT2D eigenvalue weighted by Gasteiger charge is 2.20. The van der Waals surface area contributed by atoms with Gasteiger partial charge >= 0.3 is 0 Å². The number of phenols is 2. The summed E-state index contributed by atoms with van der Waals surface area (Å²) >= 11 is 0. The second-order valence-corrected chi connectivity index (χ2v) is 6.12. The highest BCUT2D eigenvalue weighted by atomic mass is 16.5. The molecule has 0 saturated heterocycles. The van der Waals surface area contributed by atoms with Crippen molar-refractivity contribution in [1.29, 1.82) is 0 Å². The summed E-state index contributed by atoms with van der Waals surface area (Å²) < 4.78 is 5.53. The topological polar surface area (TPSA) is 62.6 Å². The molecule has 0 fully saturated rings. The Morgan fingerprint density at radius 1 is 1.08 bits per heavy atom. The van der Waals surface area contributed by atoms with Crippen LogP contribution in [-0.4, -0.2) is 22.3 Å². The fourth-order valence-corrected chi connectivity index (χ4v) is 2.92. The van der Waals surface area contributed by atoms with E-state index in [1.807, 2.05) is 49.4 Å². The fraction of sp³-hybridized carbons (Fsp3) is 0.190. The van der Waals surface area contributed by atoms with E-state index in [0.29, 0.717) is 35.1 Å².